The molecule has 2 heterocycles. The van der Waals surface area contributed by atoms with Crippen molar-refractivity contribution in [3.63, 3.8) is 0 Å². The lowest BCUT2D eigenvalue weighted by molar-refractivity contribution is -0.136. The average molecular weight is 407 g/mol. The Bertz CT molecular complexity index is 989. The molecule has 2 atom stereocenters. The zero-order valence-electron chi connectivity index (χ0n) is 13.7. The van der Waals surface area contributed by atoms with E-state index in [9.17, 15) is 9.90 Å². The van der Waals surface area contributed by atoms with Gasteiger partial charge in [0.25, 0.3) is 0 Å². The summed E-state index contributed by atoms with van der Waals surface area (Å²) in [6.45, 7) is 1.13. The van der Waals surface area contributed by atoms with E-state index in [1.54, 1.807) is 6.07 Å². The number of carbonyl (C=O) groups is 1. The highest BCUT2D eigenvalue weighted by Crippen LogP contribution is 2.39. The number of nitrogens with one attached hydrogen (secondary N) is 1. The predicted octanol–water partition coefficient (Wildman–Crippen LogP) is 4.78. The van der Waals surface area contributed by atoms with Gasteiger partial charge < -0.3 is 9.67 Å². The average Bonchev–Trinajstić information content (AvgIpc) is 3.24. The molecule has 0 amide bonds. The minimum absolute atomic E-state index is 0.0314. The molecular formula is C19H16Cl2N2O2S. The molecule has 7 heteroatoms. The number of carboxylic acids is 1. The Kier molecular flexibility index (Phi) is 4.88. The van der Waals surface area contributed by atoms with Crippen LogP contribution in [-0.4, -0.2) is 27.4 Å². The number of halogens is 2. The van der Waals surface area contributed by atoms with Crippen LogP contribution in [0, 0.1) is 0 Å². The summed E-state index contributed by atoms with van der Waals surface area (Å²) in [5.41, 5.74) is 3.27. The number of aliphatic carboxylic acids is 1. The molecule has 1 fully saturated rings. The highest BCUT2D eigenvalue weighted by Gasteiger charge is 2.32. The summed E-state index contributed by atoms with van der Waals surface area (Å²) in [7, 11) is 0. The summed E-state index contributed by atoms with van der Waals surface area (Å²) < 4.78 is 2.17. The van der Waals surface area contributed by atoms with E-state index in [-0.39, 0.29) is 5.37 Å². The number of carboxylic acid groups (broad SMARTS) is 1. The molecule has 1 saturated heterocycles. The molecule has 4 rings (SSSR count). The first kappa shape index (κ1) is 17.7. The van der Waals surface area contributed by atoms with E-state index in [0.717, 1.165) is 22.0 Å². The van der Waals surface area contributed by atoms with Gasteiger partial charge in [-0.3, -0.25) is 10.1 Å². The normalized spacial score (nSPS) is 19.9. The minimum atomic E-state index is -0.774. The molecule has 0 aliphatic carbocycles. The Morgan fingerprint density at radius 3 is 2.77 bits per heavy atom. The second-order valence-electron chi connectivity index (χ2n) is 6.23. The lowest BCUT2D eigenvalue weighted by atomic mass is 10.1. The molecule has 0 bridgehead atoms. The van der Waals surface area contributed by atoms with Crippen LogP contribution in [0.4, 0.5) is 0 Å². The summed E-state index contributed by atoms with van der Waals surface area (Å²) in [6, 6.07) is 13.8. The number of hydrogen-bond donors (Lipinski definition) is 2. The van der Waals surface area contributed by atoms with Gasteiger partial charge in [0.2, 0.25) is 0 Å². The molecule has 0 unspecified atom stereocenters. The van der Waals surface area contributed by atoms with Gasteiger partial charge >= 0.3 is 5.97 Å². The van der Waals surface area contributed by atoms with Crippen molar-refractivity contribution < 1.29 is 9.90 Å². The first-order chi connectivity index (χ1) is 12.5. The van der Waals surface area contributed by atoms with Crippen molar-refractivity contribution in [1.29, 1.82) is 0 Å². The zero-order chi connectivity index (χ0) is 18.3. The lowest BCUT2D eigenvalue weighted by Gasteiger charge is -2.08. The van der Waals surface area contributed by atoms with Gasteiger partial charge in [0, 0.05) is 35.8 Å². The molecule has 0 radical (unpaired) electrons. The fourth-order valence-electron chi connectivity index (χ4n) is 3.25. The van der Waals surface area contributed by atoms with Gasteiger partial charge in [0.15, 0.2) is 0 Å². The Morgan fingerprint density at radius 1 is 1.23 bits per heavy atom. The Balaban J connectivity index is 1.70. The Hall–Kier alpha value is -1.66. The van der Waals surface area contributed by atoms with Gasteiger partial charge in [-0.25, -0.2) is 0 Å². The molecule has 134 valence electrons. The van der Waals surface area contributed by atoms with Crippen LogP contribution in [-0.2, 0) is 11.3 Å². The fourth-order valence-corrected chi connectivity index (χ4v) is 4.74. The first-order valence-corrected chi connectivity index (χ1v) is 9.86. The van der Waals surface area contributed by atoms with Crippen molar-refractivity contribution >= 4 is 51.8 Å². The zero-order valence-corrected chi connectivity index (χ0v) is 16.0. The van der Waals surface area contributed by atoms with Crippen LogP contribution in [0.5, 0.6) is 0 Å². The maximum Gasteiger partial charge on any atom is 0.318 e. The van der Waals surface area contributed by atoms with E-state index < -0.39 is 11.2 Å². The number of benzene rings is 2. The van der Waals surface area contributed by atoms with Gasteiger partial charge in [-0.15, -0.1) is 11.8 Å². The van der Waals surface area contributed by atoms with Crippen molar-refractivity contribution in [2.75, 3.05) is 6.54 Å². The molecule has 2 N–H and O–H groups in total. The Morgan fingerprint density at radius 2 is 2.04 bits per heavy atom. The molecule has 1 aliphatic rings. The number of aromatic nitrogens is 1. The molecule has 1 aliphatic heterocycles. The fraction of sp³-hybridized carbons (Fsp3) is 0.211. The SMILES string of the molecule is O=C(O)[C@H]1CN[C@H](c2cn(Cc3ccc(Cl)c(Cl)c3)c3ccccc23)S1. The number of thioether (sulfide) groups is 1. The second kappa shape index (κ2) is 7.16. The van der Waals surface area contributed by atoms with E-state index in [0.29, 0.717) is 23.1 Å². The number of para-hydroxylation sites is 1. The molecule has 3 aromatic rings. The van der Waals surface area contributed by atoms with Crippen molar-refractivity contribution in [3.05, 3.63) is 69.8 Å². The number of hydrogen-bond acceptors (Lipinski definition) is 3. The van der Waals surface area contributed by atoms with E-state index in [4.69, 9.17) is 23.2 Å². The number of fused-ring (bicyclic) bond motifs is 1. The molecular weight excluding hydrogens is 391 g/mol. The summed E-state index contributed by atoms with van der Waals surface area (Å²) in [5, 5.41) is 14.3. The summed E-state index contributed by atoms with van der Waals surface area (Å²) in [6.07, 6.45) is 2.10. The highest BCUT2D eigenvalue weighted by molar-refractivity contribution is 8.01. The monoisotopic (exact) mass is 406 g/mol. The van der Waals surface area contributed by atoms with Gasteiger partial charge in [-0.2, -0.15) is 0 Å². The van der Waals surface area contributed by atoms with Gasteiger partial charge in [-0.05, 0) is 23.8 Å². The summed E-state index contributed by atoms with van der Waals surface area (Å²) in [4.78, 5) is 11.3. The highest BCUT2D eigenvalue weighted by atomic mass is 35.5. The lowest BCUT2D eigenvalue weighted by Crippen LogP contribution is -2.21. The third-order valence-corrected chi connectivity index (χ3v) is 6.63. The van der Waals surface area contributed by atoms with Crippen molar-refractivity contribution in [2.24, 2.45) is 0 Å². The van der Waals surface area contributed by atoms with E-state index in [2.05, 4.69) is 28.2 Å². The van der Waals surface area contributed by atoms with Gasteiger partial charge in [-0.1, -0.05) is 47.5 Å². The van der Waals surface area contributed by atoms with Crippen LogP contribution in [0.15, 0.2) is 48.7 Å². The topological polar surface area (TPSA) is 54.3 Å². The van der Waals surface area contributed by atoms with Crippen molar-refractivity contribution in [1.82, 2.24) is 9.88 Å². The van der Waals surface area contributed by atoms with Crippen LogP contribution in [0.2, 0.25) is 10.0 Å². The Labute approximate surface area is 165 Å². The molecule has 0 saturated carbocycles. The largest absolute Gasteiger partial charge is 0.480 e. The van der Waals surface area contributed by atoms with Gasteiger partial charge in [0.05, 0.1) is 15.4 Å². The number of nitrogens with zero attached hydrogens (tertiary/aromatic N) is 1. The standard InChI is InChI=1S/C19H16Cl2N2O2S/c20-14-6-5-11(7-15(14)21)9-23-10-13(12-3-1-2-4-16(12)23)18-22-8-17(26-18)19(24)25/h1-7,10,17-18,22H,8-9H2,(H,24,25)/t17-,18+/m1/s1. The molecule has 2 aromatic carbocycles. The summed E-state index contributed by atoms with van der Waals surface area (Å²) >= 11 is 13.6. The van der Waals surface area contributed by atoms with Crippen molar-refractivity contribution in [2.45, 2.75) is 17.2 Å². The smallest absolute Gasteiger partial charge is 0.318 e. The molecule has 1 aromatic heterocycles. The quantitative estimate of drug-likeness (QED) is 0.654. The van der Waals surface area contributed by atoms with Crippen LogP contribution in [0.1, 0.15) is 16.5 Å². The van der Waals surface area contributed by atoms with E-state index >= 15 is 0 Å². The van der Waals surface area contributed by atoms with Crippen LogP contribution in [0.25, 0.3) is 10.9 Å². The second-order valence-corrected chi connectivity index (χ2v) is 8.36. The molecule has 0 spiro atoms. The van der Waals surface area contributed by atoms with Crippen molar-refractivity contribution in [3.8, 4) is 0 Å². The molecule has 26 heavy (non-hydrogen) atoms. The molecule has 4 nitrogen and oxygen atoms in total. The van der Waals surface area contributed by atoms with E-state index in [1.165, 1.54) is 11.8 Å². The van der Waals surface area contributed by atoms with Crippen LogP contribution >= 0.6 is 35.0 Å². The van der Waals surface area contributed by atoms with Gasteiger partial charge in [0.1, 0.15) is 5.25 Å². The summed E-state index contributed by atoms with van der Waals surface area (Å²) in [5.74, 6) is -0.774. The maximum atomic E-state index is 11.3. The maximum absolute atomic E-state index is 11.3. The van der Waals surface area contributed by atoms with Crippen LogP contribution < -0.4 is 5.32 Å². The predicted molar refractivity (Wildman–Crippen MR) is 107 cm³/mol. The third-order valence-electron chi connectivity index (χ3n) is 4.50. The van der Waals surface area contributed by atoms with Crippen LogP contribution in [0.3, 0.4) is 0 Å². The van der Waals surface area contributed by atoms with E-state index in [1.807, 2.05) is 24.3 Å². The third kappa shape index (κ3) is 3.32. The first-order valence-electron chi connectivity index (χ1n) is 8.16. The number of rotatable bonds is 4. The minimum Gasteiger partial charge on any atom is -0.480 e.